The van der Waals surface area contributed by atoms with Crippen LogP contribution in [-0.4, -0.2) is 33.5 Å². The second kappa shape index (κ2) is 6.17. The quantitative estimate of drug-likeness (QED) is 0.631. The van der Waals surface area contributed by atoms with Gasteiger partial charge in [-0.3, -0.25) is 4.79 Å². The molecule has 2 bridgehead atoms. The van der Waals surface area contributed by atoms with Crippen molar-refractivity contribution in [1.82, 2.24) is 14.5 Å². The first kappa shape index (κ1) is 17.4. The maximum absolute atomic E-state index is 13.2. The lowest BCUT2D eigenvalue weighted by atomic mass is 9.97. The van der Waals surface area contributed by atoms with Crippen LogP contribution >= 0.6 is 11.6 Å². The van der Waals surface area contributed by atoms with Gasteiger partial charge in [-0.2, -0.15) is 8.78 Å². The highest BCUT2D eigenvalue weighted by atomic mass is 35.5. The molecule has 2 atom stereocenters. The number of amides is 1. The van der Waals surface area contributed by atoms with Crippen LogP contribution in [0, 0.1) is 0 Å². The smallest absolute Gasteiger partial charge is 0.387 e. The fraction of sp³-hybridized carbons (Fsp3) is 0.300. The van der Waals surface area contributed by atoms with Crippen molar-refractivity contribution >= 4 is 28.5 Å². The average Bonchev–Trinajstić information content (AvgIpc) is 3.15. The standard InChI is InChI=1S/C20H16ClF2N3O2/c1-2-25-15-9-14(26-13-8-10(21)6-7-12(13)24-18(15)26)17-11(19(25)27)4-3-5-16(17)28-20(22)23/h3-8,14-15,20H,2,9H2,1H3/t14-,15-/m1/s1. The van der Waals surface area contributed by atoms with Crippen molar-refractivity contribution in [2.24, 2.45) is 0 Å². The van der Waals surface area contributed by atoms with Crippen LogP contribution in [0.2, 0.25) is 5.02 Å². The third-order valence-electron chi connectivity index (χ3n) is 5.56. The van der Waals surface area contributed by atoms with Crippen molar-refractivity contribution in [1.29, 1.82) is 0 Å². The van der Waals surface area contributed by atoms with E-state index >= 15 is 0 Å². The van der Waals surface area contributed by atoms with Crippen LogP contribution in [0.4, 0.5) is 8.78 Å². The molecule has 0 radical (unpaired) electrons. The number of nitrogens with zero attached hydrogens (tertiary/aromatic N) is 3. The highest BCUT2D eigenvalue weighted by molar-refractivity contribution is 6.31. The average molecular weight is 404 g/mol. The van der Waals surface area contributed by atoms with Gasteiger partial charge in [-0.1, -0.05) is 17.7 Å². The first-order chi connectivity index (χ1) is 13.5. The number of hydrogen-bond acceptors (Lipinski definition) is 3. The number of fused-ring (bicyclic) bond motifs is 9. The molecular weight excluding hydrogens is 388 g/mol. The number of carbonyl (C=O) groups excluding carboxylic acids is 1. The Hall–Kier alpha value is -2.67. The largest absolute Gasteiger partial charge is 0.434 e. The van der Waals surface area contributed by atoms with E-state index in [4.69, 9.17) is 21.3 Å². The van der Waals surface area contributed by atoms with Crippen LogP contribution < -0.4 is 4.74 Å². The van der Waals surface area contributed by atoms with Crippen molar-refractivity contribution in [3.8, 4) is 5.75 Å². The second-order valence-electron chi connectivity index (χ2n) is 6.93. The van der Waals surface area contributed by atoms with E-state index < -0.39 is 6.61 Å². The first-order valence-electron chi connectivity index (χ1n) is 9.05. The summed E-state index contributed by atoms with van der Waals surface area (Å²) in [5.41, 5.74) is 2.44. The van der Waals surface area contributed by atoms with Gasteiger partial charge in [-0.25, -0.2) is 4.98 Å². The Kier molecular flexibility index (Phi) is 3.84. The minimum absolute atomic E-state index is 0.0271. The normalized spacial score (nSPS) is 20.5. The number of alkyl halides is 2. The van der Waals surface area contributed by atoms with Gasteiger partial charge in [0.05, 0.1) is 23.1 Å². The van der Waals surface area contributed by atoms with E-state index in [9.17, 15) is 13.6 Å². The summed E-state index contributed by atoms with van der Waals surface area (Å²) in [5, 5.41) is 0.565. The Morgan fingerprint density at radius 2 is 2.11 bits per heavy atom. The van der Waals surface area contributed by atoms with Crippen molar-refractivity contribution in [3.05, 3.63) is 58.4 Å². The number of benzene rings is 2. The summed E-state index contributed by atoms with van der Waals surface area (Å²) in [4.78, 5) is 19.7. The van der Waals surface area contributed by atoms with Crippen LogP contribution in [-0.2, 0) is 0 Å². The molecule has 0 aliphatic carbocycles. The fourth-order valence-electron chi connectivity index (χ4n) is 4.52. The molecule has 28 heavy (non-hydrogen) atoms. The highest BCUT2D eigenvalue weighted by Crippen LogP contribution is 2.50. The molecule has 3 aromatic rings. The molecule has 1 amide bonds. The molecule has 2 aliphatic heterocycles. The van der Waals surface area contributed by atoms with Gasteiger partial charge in [-0.05, 0) is 37.3 Å². The molecule has 0 N–H and O–H groups in total. The molecule has 0 spiro atoms. The molecule has 3 heterocycles. The van der Waals surface area contributed by atoms with E-state index in [1.807, 2.05) is 23.6 Å². The van der Waals surface area contributed by atoms with Gasteiger partial charge < -0.3 is 14.2 Å². The molecule has 0 fully saturated rings. The maximum atomic E-state index is 13.2. The van der Waals surface area contributed by atoms with Gasteiger partial charge in [0.2, 0.25) is 0 Å². The molecule has 1 aromatic heterocycles. The predicted octanol–water partition coefficient (Wildman–Crippen LogP) is 4.80. The molecule has 5 rings (SSSR count). The van der Waals surface area contributed by atoms with E-state index in [1.165, 1.54) is 6.07 Å². The van der Waals surface area contributed by atoms with Gasteiger partial charge in [0.25, 0.3) is 5.91 Å². The lowest BCUT2D eigenvalue weighted by molar-refractivity contribution is -0.0507. The van der Waals surface area contributed by atoms with E-state index in [2.05, 4.69) is 0 Å². The van der Waals surface area contributed by atoms with Crippen molar-refractivity contribution in [3.63, 3.8) is 0 Å². The molecule has 2 aromatic carbocycles. The lowest BCUT2D eigenvalue weighted by Gasteiger charge is -2.27. The number of halogens is 3. The highest BCUT2D eigenvalue weighted by Gasteiger charge is 2.45. The molecule has 8 heteroatoms. The van der Waals surface area contributed by atoms with E-state index in [-0.39, 0.29) is 23.7 Å². The molecule has 0 unspecified atom stereocenters. The van der Waals surface area contributed by atoms with Gasteiger partial charge in [0.15, 0.2) is 0 Å². The van der Waals surface area contributed by atoms with Crippen LogP contribution in [0.3, 0.4) is 0 Å². The number of aromatic nitrogens is 2. The Balaban J connectivity index is 1.83. The van der Waals surface area contributed by atoms with Crippen LogP contribution in [0.5, 0.6) is 5.75 Å². The second-order valence-corrected chi connectivity index (χ2v) is 7.36. The number of carbonyl (C=O) groups is 1. The summed E-state index contributed by atoms with van der Waals surface area (Å²) in [7, 11) is 0. The fourth-order valence-corrected chi connectivity index (χ4v) is 4.68. The third-order valence-corrected chi connectivity index (χ3v) is 5.79. The summed E-state index contributed by atoms with van der Waals surface area (Å²) >= 11 is 6.20. The molecule has 5 nitrogen and oxygen atoms in total. The summed E-state index contributed by atoms with van der Waals surface area (Å²) in [6.07, 6.45) is 0.557. The lowest BCUT2D eigenvalue weighted by Crippen LogP contribution is -2.34. The minimum atomic E-state index is -2.97. The van der Waals surface area contributed by atoms with Crippen molar-refractivity contribution in [2.75, 3.05) is 6.54 Å². The monoisotopic (exact) mass is 403 g/mol. The number of ether oxygens (including phenoxy) is 1. The zero-order chi connectivity index (χ0) is 19.6. The van der Waals surface area contributed by atoms with Gasteiger partial charge in [0.1, 0.15) is 11.6 Å². The van der Waals surface area contributed by atoms with Crippen LogP contribution in [0.25, 0.3) is 11.0 Å². The summed E-state index contributed by atoms with van der Waals surface area (Å²) < 4.78 is 32.9. The van der Waals surface area contributed by atoms with Gasteiger partial charge >= 0.3 is 6.61 Å². The molecule has 0 saturated heterocycles. The minimum Gasteiger partial charge on any atom is -0.434 e. The summed E-state index contributed by atoms with van der Waals surface area (Å²) in [6.45, 7) is -0.586. The Morgan fingerprint density at radius 3 is 2.86 bits per heavy atom. The third kappa shape index (κ3) is 2.35. The number of rotatable bonds is 3. The Morgan fingerprint density at radius 1 is 1.29 bits per heavy atom. The van der Waals surface area contributed by atoms with Crippen LogP contribution in [0.15, 0.2) is 36.4 Å². The van der Waals surface area contributed by atoms with E-state index in [1.54, 1.807) is 23.1 Å². The van der Waals surface area contributed by atoms with E-state index in [0.29, 0.717) is 29.1 Å². The van der Waals surface area contributed by atoms with Crippen molar-refractivity contribution in [2.45, 2.75) is 32.0 Å². The molecule has 2 aliphatic rings. The topological polar surface area (TPSA) is 47.4 Å². The predicted molar refractivity (Wildman–Crippen MR) is 100 cm³/mol. The van der Waals surface area contributed by atoms with Gasteiger partial charge in [-0.15, -0.1) is 0 Å². The molecule has 144 valence electrons. The first-order valence-corrected chi connectivity index (χ1v) is 9.43. The zero-order valence-corrected chi connectivity index (χ0v) is 15.7. The SMILES string of the molecule is CCN1C(=O)c2cccc(OC(F)F)c2[C@H]2C[C@@H]1c1nc3ccc(Cl)cc3n12. The maximum Gasteiger partial charge on any atom is 0.387 e. The zero-order valence-electron chi connectivity index (χ0n) is 14.9. The van der Waals surface area contributed by atoms with Crippen LogP contribution in [0.1, 0.15) is 47.2 Å². The number of imidazole rings is 1. The molecule has 0 saturated carbocycles. The molecular formula is C20H16ClF2N3O2. The Labute approximate surface area is 164 Å². The summed E-state index contributed by atoms with van der Waals surface area (Å²) in [5.74, 6) is 0.579. The Bertz CT molecular complexity index is 1110. The number of hydrogen-bond donors (Lipinski definition) is 0. The van der Waals surface area contributed by atoms with Gasteiger partial charge in [0, 0.05) is 29.1 Å². The summed E-state index contributed by atoms with van der Waals surface area (Å²) in [6, 6.07) is 9.57. The van der Waals surface area contributed by atoms with E-state index in [0.717, 1.165) is 16.9 Å². The van der Waals surface area contributed by atoms with Crippen molar-refractivity contribution < 1.29 is 18.3 Å².